The maximum Gasteiger partial charge on any atom is 0.220 e. The Kier molecular flexibility index (Phi) is 8.79. The van der Waals surface area contributed by atoms with Crippen molar-refractivity contribution in [1.29, 1.82) is 0 Å². The quantitative estimate of drug-likeness (QED) is 0.583. The number of Topliss-reactive ketones (excluding diaryl/α,β-unsaturated/α-hetero) is 1. The van der Waals surface area contributed by atoms with Gasteiger partial charge in [0.05, 0.1) is 6.61 Å². The van der Waals surface area contributed by atoms with Crippen molar-refractivity contribution in [3.05, 3.63) is 29.8 Å². The van der Waals surface area contributed by atoms with Crippen LogP contribution in [0.5, 0.6) is 5.75 Å². The molecule has 2 atom stereocenters. The van der Waals surface area contributed by atoms with Gasteiger partial charge in [0.2, 0.25) is 5.91 Å². The third-order valence-corrected chi connectivity index (χ3v) is 4.23. The molecule has 0 aromatic heterocycles. The van der Waals surface area contributed by atoms with Crippen molar-refractivity contribution in [2.24, 2.45) is 5.92 Å². The normalized spacial score (nSPS) is 19.9. The number of nitrogens with one attached hydrogen (secondary N) is 2. The van der Waals surface area contributed by atoms with Gasteiger partial charge in [0.15, 0.2) is 5.78 Å². The summed E-state index contributed by atoms with van der Waals surface area (Å²) < 4.78 is 5.61. The number of rotatable bonds is 7. The molecule has 0 aliphatic carbocycles. The molecule has 1 amide bonds. The zero-order valence-corrected chi connectivity index (χ0v) is 15.2. The average molecular weight is 355 g/mol. The second-order valence-corrected chi connectivity index (χ2v) is 6.18. The van der Waals surface area contributed by atoms with E-state index in [0.29, 0.717) is 36.7 Å². The standard InChI is InChI=1S/C18H26N2O3.ClH/c1-13-8-9-19-12-17(13)20-18(22)7-4-10-23-16-6-3-5-15(11-16)14(2)21;/h3,5-6,11,13,17,19H,4,7-10,12H2,1-2H3,(H,20,22);1H. The van der Waals surface area contributed by atoms with E-state index in [1.165, 1.54) is 6.92 Å². The second-order valence-electron chi connectivity index (χ2n) is 6.18. The molecule has 6 heteroatoms. The van der Waals surface area contributed by atoms with Crippen LogP contribution < -0.4 is 15.4 Å². The minimum Gasteiger partial charge on any atom is -0.494 e. The number of carbonyl (C=O) groups excluding carboxylic acids is 2. The highest BCUT2D eigenvalue weighted by molar-refractivity contribution is 5.94. The van der Waals surface area contributed by atoms with E-state index in [1.54, 1.807) is 18.2 Å². The smallest absolute Gasteiger partial charge is 0.220 e. The van der Waals surface area contributed by atoms with Crippen molar-refractivity contribution in [1.82, 2.24) is 10.6 Å². The first-order chi connectivity index (χ1) is 11.1. The van der Waals surface area contributed by atoms with Crippen LogP contribution >= 0.6 is 12.4 Å². The summed E-state index contributed by atoms with van der Waals surface area (Å²) >= 11 is 0. The van der Waals surface area contributed by atoms with E-state index < -0.39 is 0 Å². The van der Waals surface area contributed by atoms with E-state index in [9.17, 15) is 9.59 Å². The molecule has 2 rings (SSSR count). The molecule has 0 saturated carbocycles. The van der Waals surface area contributed by atoms with Gasteiger partial charge in [0, 0.05) is 24.6 Å². The first-order valence-electron chi connectivity index (χ1n) is 8.30. The Bertz CT molecular complexity index is 551. The van der Waals surface area contributed by atoms with E-state index in [0.717, 1.165) is 19.5 Å². The van der Waals surface area contributed by atoms with Crippen LogP contribution in [0.4, 0.5) is 0 Å². The van der Waals surface area contributed by atoms with Crippen molar-refractivity contribution in [2.75, 3.05) is 19.7 Å². The van der Waals surface area contributed by atoms with E-state index in [2.05, 4.69) is 17.6 Å². The molecule has 1 heterocycles. The third-order valence-electron chi connectivity index (χ3n) is 4.23. The highest BCUT2D eigenvalue weighted by Gasteiger charge is 2.22. The molecule has 1 aliphatic rings. The van der Waals surface area contributed by atoms with Gasteiger partial charge in [-0.05, 0) is 44.4 Å². The molecular formula is C18H27ClN2O3. The molecule has 1 aromatic rings. The van der Waals surface area contributed by atoms with Crippen molar-refractivity contribution in [2.45, 2.75) is 39.2 Å². The zero-order chi connectivity index (χ0) is 16.7. The third kappa shape index (κ3) is 6.49. The Balaban J connectivity index is 0.00000288. The molecule has 5 nitrogen and oxygen atoms in total. The number of benzene rings is 1. The average Bonchev–Trinajstić information content (AvgIpc) is 2.54. The lowest BCUT2D eigenvalue weighted by Gasteiger charge is -2.30. The summed E-state index contributed by atoms with van der Waals surface area (Å²) in [5.41, 5.74) is 0.638. The van der Waals surface area contributed by atoms with Gasteiger partial charge in [-0.3, -0.25) is 9.59 Å². The van der Waals surface area contributed by atoms with E-state index in [1.807, 2.05) is 6.07 Å². The molecule has 0 radical (unpaired) electrons. The Morgan fingerprint density at radius 1 is 1.38 bits per heavy atom. The van der Waals surface area contributed by atoms with Crippen molar-refractivity contribution >= 4 is 24.1 Å². The van der Waals surface area contributed by atoms with E-state index in [4.69, 9.17) is 4.74 Å². The number of carbonyl (C=O) groups is 2. The predicted molar refractivity (Wildman–Crippen MR) is 97.0 cm³/mol. The summed E-state index contributed by atoms with van der Waals surface area (Å²) in [5.74, 6) is 1.28. The van der Waals surface area contributed by atoms with Gasteiger partial charge in [-0.2, -0.15) is 0 Å². The summed E-state index contributed by atoms with van der Waals surface area (Å²) in [6.07, 6.45) is 2.21. The molecule has 2 N–H and O–H groups in total. The fraction of sp³-hybridized carbons (Fsp3) is 0.556. The number of hydrogen-bond acceptors (Lipinski definition) is 4. The first kappa shape index (κ1) is 20.5. The maximum atomic E-state index is 12.0. The first-order valence-corrected chi connectivity index (χ1v) is 8.30. The Labute approximate surface area is 149 Å². The number of ether oxygens (including phenoxy) is 1. The van der Waals surface area contributed by atoms with Gasteiger partial charge < -0.3 is 15.4 Å². The summed E-state index contributed by atoms with van der Waals surface area (Å²) in [6, 6.07) is 7.35. The lowest BCUT2D eigenvalue weighted by molar-refractivity contribution is -0.122. The van der Waals surface area contributed by atoms with E-state index in [-0.39, 0.29) is 30.1 Å². The van der Waals surface area contributed by atoms with Crippen LogP contribution in [0.3, 0.4) is 0 Å². The van der Waals surface area contributed by atoms with Crippen molar-refractivity contribution in [3.8, 4) is 5.75 Å². The van der Waals surface area contributed by atoms with Gasteiger partial charge in [0.25, 0.3) is 0 Å². The molecule has 134 valence electrons. The van der Waals surface area contributed by atoms with Crippen LogP contribution in [-0.2, 0) is 4.79 Å². The van der Waals surface area contributed by atoms with Crippen LogP contribution in [0.25, 0.3) is 0 Å². The molecule has 1 saturated heterocycles. The molecule has 1 aromatic carbocycles. The highest BCUT2D eigenvalue weighted by Crippen LogP contribution is 2.14. The van der Waals surface area contributed by atoms with Crippen molar-refractivity contribution in [3.63, 3.8) is 0 Å². The lowest BCUT2D eigenvalue weighted by atomic mass is 9.95. The monoisotopic (exact) mass is 354 g/mol. The lowest BCUT2D eigenvalue weighted by Crippen LogP contribution is -2.50. The SMILES string of the molecule is CC(=O)c1cccc(OCCCC(=O)NC2CNCCC2C)c1.Cl. The van der Waals surface area contributed by atoms with Crippen LogP contribution in [0, 0.1) is 5.92 Å². The van der Waals surface area contributed by atoms with Gasteiger partial charge >= 0.3 is 0 Å². The van der Waals surface area contributed by atoms with Crippen molar-refractivity contribution < 1.29 is 14.3 Å². The molecule has 24 heavy (non-hydrogen) atoms. The second kappa shape index (κ2) is 10.3. The van der Waals surface area contributed by atoms with Crippen LogP contribution in [0.2, 0.25) is 0 Å². The van der Waals surface area contributed by atoms with Gasteiger partial charge in [-0.1, -0.05) is 19.1 Å². The highest BCUT2D eigenvalue weighted by atomic mass is 35.5. The fourth-order valence-electron chi connectivity index (χ4n) is 2.69. The fourth-order valence-corrected chi connectivity index (χ4v) is 2.69. The Morgan fingerprint density at radius 3 is 2.88 bits per heavy atom. The number of halogens is 1. The number of piperidine rings is 1. The largest absolute Gasteiger partial charge is 0.494 e. The van der Waals surface area contributed by atoms with Crippen LogP contribution in [0.1, 0.15) is 43.5 Å². The van der Waals surface area contributed by atoms with Gasteiger partial charge in [-0.25, -0.2) is 0 Å². The summed E-state index contributed by atoms with van der Waals surface area (Å²) in [5, 5.41) is 6.40. The zero-order valence-electron chi connectivity index (χ0n) is 14.3. The molecule has 1 fully saturated rings. The molecule has 0 bridgehead atoms. The minimum atomic E-state index is 0. The Hall–Kier alpha value is -1.59. The van der Waals surface area contributed by atoms with Crippen LogP contribution in [-0.4, -0.2) is 37.4 Å². The minimum absolute atomic E-state index is 0. The number of ketones is 1. The van der Waals surface area contributed by atoms with Crippen LogP contribution in [0.15, 0.2) is 24.3 Å². The summed E-state index contributed by atoms with van der Waals surface area (Å²) in [4.78, 5) is 23.3. The molecule has 2 unspecified atom stereocenters. The van der Waals surface area contributed by atoms with Gasteiger partial charge in [0.1, 0.15) is 5.75 Å². The predicted octanol–water partition coefficient (Wildman–Crippen LogP) is 2.58. The number of amides is 1. The van der Waals surface area contributed by atoms with E-state index >= 15 is 0 Å². The maximum absolute atomic E-state index is 12.0. The molecule has 0 spiro atoms. The number of hydrogen-bond donors (Lipinski definition) is 2. The topological polar surface area (TPSA) is 67.4 Å². The Morgan fingerprint density at radius 2 is 2.17 bits per heavy atom. The summed E-state index contributed by atoms with van der Waals surface area (Å²) in [7, 11) is 0. The molecular weight excluding hydrogens is 328 g/mol. The van der Waals surface area contributed by atoms with Gasteiger partial charge in [-0.15, -0.1) is 12.4 Å². The summed E-state index contributed by atoms with van der Waals surface area (Å²) in [6.45, 7) is 6.05. The molecule has 1 aliphatic heterocycles.